The zero-order chi connectivity index (χ0) is 11.4. The van der Waals surface area contributed by atoms with Gasteiger partial charge in [-0.05, 0) is 31.5 Å². The van der Waals surface area contributed by atoms with E-state index >= 15 is 0 Å². The summed E-state index contributed by atoms with van der Waals surface area (Å²) in [6.07, 6.45) is 0. The first-order valence-corrected chi connectivity index (χ1v) is 5.21. The minimum Gasteiger partial charge on any atom is -0.348 e. The Morgan fingerprint density at radius 3 is 2.87 bits per heavy atom. The first-order chi connectivity index (χ1) is 7.04. The Morgan fingerprint density at radius 1 is 1.60 bits per heavy atom. The Kier molecular flexibility index (Phi) is 4.09. The van der Waals surface area contributed by atoms with E-state index in [9.17, 15) is 9.18 Å². The first-order valence-electron chi connectivity index (χ1n) is 4.67. The Hall–Kier alpha value is -1.09. The van der Waals surface area contributed by atoms with E-state index in [1.165, 1.54) is 12.1 Å². The topological polar surface area (TPSA) is 29.1 Å². The van der Waals surface area contributed by atoms with Crippen LogP contribution in [0.25, 0.3) is 0 Å². The second-order valence-corrected chi connectivity index (χ2v) is 3.80. The van der Waals surface area contributed by atoms with Crippen LogP contribution in [-0.4, -0.2) is 17.8 Å². The van der Waals surface area contributed by atoms with E-state index in [4.69, 9.17) is 11.6 Å². The molecule has 1 unspecified atom stereocenters. The molecule has 1 amide bonds. The molecule has 2 nitrogen and oxygen atoms in total. The molecule has 1 aromatic carbocycles. The van der Waals surface area contributed by atoms with Gasteiger partial charge in [0.25, 0.3) is 5.91 Å². The maximum atomic E-state index is 12.9. The van der Waals surface area contributed by atoms with Crippen LogP contribution < -0.4 is 5.32 Å². The number of carbonyl (C=O) groups excluding carboxylic acids is 1. The molecule has 0 aliphatic carbocycles. The summed E-state index contributed by atoms with van der Waals surface area (Å²) >= 11 is 5.57. The molecule has 4 heteroatoms. The minimum atomic E-state index is -0.413. The molecule has 15 heavy (non-hydrogen) atoms. The van der Waals surface area contributed by atoms with Gasteiger partial charge in [0.05, 0.1) is 0 Å². The predicted molar refractivity (Wildman–Crippen MR) is 58.8 cm³/mol. The lowest BCUT2D eigenvalue weighted by atomic mass is 10.1. The summed E-state index contributed by atoms with van der Waals surface area (Å²) in [6, 6.07) is 4.01. The third-order valence-electron chi connectivity index (χ3n) is 2.05. The molecule has 0 bridgehead atoms. The van der Waals surface area contributed by atoms with Crippen molar-refractivity contribution in [3.05, 3.63) is 35.1 Å². The number of halogens is 2. The smallest absolute Gasteiger partial charge is 0.251 e. The molecule has 0 fully saturated rings. The maximum absolute atomic E-state index is 12.9. The van der Waals surface area contributed by atoms with Crippen molar-refractivity contribution in [3.63, 3.8) is 0 Å². The fraction of sp³-hybridized carbons (Fsp3) is 0.364. The van der Waals surface area contributed by atoms with E-state index in [1.54, 1.807) is 19.9 Å². The highest BCUT2D eigenvalue weighted by atomic mass is 35.5. The number of benzene rings is 1. The largest absolute Gasteiger partial charge is 0.348 e. The van der Waals surface area contributed by atoms with Gasteiger partial charge in [0.1, 0.15) is 5.82 Å². The van der Waals surface area contributed by atoms with Crippen LogP contribution in [-0.2, 0) is 0 Å². The Labute approximate surface area is 93.4 Å². The average Bonchev–Trinajstić information content (AvgIpc) is 2.21. The van der Waals surface area contributed by atoms with Gasteiger partial charge in [0.15, 0.2) is 0 Å². The maximum Gasteiger partial charge on any atom is 0.251 e. The van der Waals surface area contributed by atoms with Crippen molar-refractivity contribution in [2.75, 3.05) is 5.88 Å². The van der Waals surface area contributed by atoms with Crippen LogP contribution in [0.3, 0.4) is 0 Å². The number of rotatable bonds is 3. The van der Waals surface area contributed by atoms with Crippen molar-refractivity contribution in [1.82, 2.24) is 5.32 Å². The number of nitrogens with one attached hydrogen (secondary N) is 1. The Bertz CT molecular complexity index is 368. The van der Waals surface area contributed by atoms with E-state index in [2.05, 4.69) is 5.32 Å². The van der Waals surface area contributed by atoms with Gasteiger partial charge in [-0.25, -0.2) is 4.39 Å². The molecule has 0 saturated heterocycles. The standard InChI is InChI=1S/C11H13ClFNO/c1-7-3-4-9(13)5-10(7)11(15)14-8(2)6-12/h3-5,8H,6H2,1-2H3,(H,14,15). The summed E-state index contributed by atoms with van der Waals surface area (Å²) in [5.41, 5.74) is 1.10. The molecule has 0 radical (unpaired) electrons. The number of amides is 1. The van der Waals surface area contributed by atoms with Crippen molar-refractivity contribution >= 4 is 17.5 Å². The fourth-order valence-electron chi connectivity index (χ4n) is 1.18. The van der Waals surface area contributed by atoms with Crippen molar-refractivity contribution in [2.24, 2.45) is 0 Å². The van der Waals surface area contributed by atoms with Crippen LogP contribution in [0.4, 0.5) is 4.39 Å². The van der Waals surface area contributed by atoms with Gasteiger partial charge in [-0.2, -0.15) is 0 Å². The molecule has 1 aromatic rings. The predicted octanol–water partition coefficient (Wildman–Crippen LogP) is 2.49. The highest BCUT2D eigenvalue weighted by molar-refractivity contribution is 6.18. The van der Waals surface area contributed by atoms with Crippen LogP contribution in [0.15, 0.2) is 18.2 Å². The SMILES string of the molecule is Cc1ccc(F)cc1C(=O)NC(C)CCl. The van der Waals surface area contributed by atoms with Gasteiger partial charge < -0.3 is 5.32 Å². The lowest BCUT2D eigenvalue weighted by Gasteiger charge is -2.11. The number of aryl methyl sites for hydroxylation is 1. The monoisotopic (exact) mass is 229 g/mol. The third-order valence-corrected chi connectivity index (χ3v) is 2.52. The second kappa shape index (κ2) is 5.12. The van der Waals surface area contributed by atoms with Gasteiger partial charge in [-0.1, -0.05) is 6.07 Å². The van der Waals surface area contributed by atoms with Crippen molar-refractivity contribution < 1.29 is 9.18 Å². The van der Waals surface area contributed by atoms with Crippen LogP contribution >= 0.6 is 11.6 Å². The van der Waals surface area contributed by atoms with Gasteiger partial charge >= 0.3 is 0 Å². The lowest BCUT2D eigenvalue weighted by molar-refractivity contribution is 0.0942. The number of hydrogen-bond acceptors (Lipinski definition) is 1. The summed E-state index contributed by atoms with van der Waals surface area (Å²) in [5, 5.41) is 2.68. The van der Waals surface area contributed by atoms with Gasteiger partial charge in [0.2, 0.25) is 0 Å². The molecule has 0 aliphatic rings. The molecule has 1 N–H and O–H groups in total. The van der Waals surface area contributed by atoms with Crippen LogP contribution in [0.2, 0.25) is 0 Å². The molecule has 0 aromatic heterocycles. The van der Waals surface area contributed by atoms with Crippen molar-refractivity contribution in [1.29, 1.82) is 0 Å². The Balaban J connectivity index is 2.86. The fourth-order valence-corrected chi connectivity index (χ4v) is 1.26. The number of alkyl halides is 1. The van der Waals surface area contributed by atoms with Gasteiger partial charge in [-0.15, -0.1) is 11.6 Å². The summed E-state index contributed by atoms with van der Waals surface area (Å²) in [6.45, 7) is 3.55. The molecular weight excluding hydrogens is 217 g/mol. The van der Waals surface area contributed by atoms with Gasteiger partial charge in [0, 0.05) is 17.5 Å². The van der Waals surface area contributed by atoms with E-state index in [0.29, 0.717) is 11.4 Å². The van der Waals surface area contributed by atoms with E-state index in [1.807, 2.05) is 0 Å². The summed E-state index contributed by atoms with van der Waals surface area (Å²) < 4.78 is 12.9. The normalized spacial score (nSPS) is 12.3. The minimum absolute atomic E-state index is 0.123. The van der Waals surface area contributed by atoms with E-state index < -0.39 is 5.82 Å². The molecule has 1 rings (SSSR count). The lowest BCUT2D eigenvalue weighted by Crippen LogP contribution is -2.34. The zero-order valence-corrected chi connectivity index (χ0v) is 9.44. The van der Waals surface area contributed by atoms with E-state index in [-0.39, 0.29) is 11.9 Å². The summed E-state index contributed by atoms with van der Waals surface area (Å²) in [4.78, 5) is 11.7. The summed E-state index contributed by atoms with van der Waals surface area (Å²) in [7, 11) is 0. The first kappa shape index (κ1) is 12.0. The molecular formula is C11H13ClFNO. The van der Waals surface area contributed by atoms with Crippen molar-refractivity contribution in [3.8, 4) is 0 Å². The summed E-state index contributed by atoms with van der Waals surface area (Å²) in [5.74, 6) is -0.371. The molecule has 0 aliphatic heterocycles. The third kappa shape index (κ3) is 3.20. The number of carbonyl (C=O) groups is 1. The molecule has 0 heterocycles. The molecule has 0 spiro atoms. The molecule has 82 valence electrons. The average molecular weight is 230 g/mol. The van der Waals surface area contributed by atoms with Crippen LogP contribution in [0.1, 0.15) is 22.8 Å². The van der Waals surface area contributed by atoms with Crippen molar-refractivity contribution in [2.45, 2.75) is 19.9 Å². The number of hydrogen-bond donors (Lipinski definition) is 1. The van der Waals surface area contributed by atoms with E-state index in [0.717, 1.165) is 5.56 Å². The highest BCUT2D eigenvalue weighted by Crippen LogP contribution is 2.10. The van der Waals surface area contributed by atoms with Gasteiger partial charge in [-0.3, -0.25) is 4.79 Å². The van der Waals surface area contributed by atoms with Crippen LogP contribution in [0, 0.1) is 12.7 Å². The quantitative estimate of drug-likeness (QED) is 0.793. The molecule has 1 atom stereocenters. The zero-order valence-electron chi connectivity index (χ0n) is 8.68. The Morgan fingerprint density at radius 2 is 2.27 bits per heavy atom. The van der Waals surface area contributed by atoms with Crippen LogP contribution in [0.5, 0.6) is 0 Å². The highest BCUT2D eigenvalue weighted by Gasteiger charge is 2.12. The molecule has 0 saturated carbocycles. The second-order valence-electron chi connectivity index (χ2n) is 3.49.